The molecule has 1 amide bonds. The van der Waals surface area contributed by atoms with Crippen LogP contribution in [-0.2, 0) is 9.53 Å². The summed E-state index contributed by atoms with van der Waals surface area (Å²) in [5.74, 6) is 0.0484. The Bertz CT molecular complexity index is 283. The van der Waals surface area contributed by atoms with Crippen LogP contribution in [0.4, 0.5) is 0 Å². The molecule has 2 atom stereocenters. The van der Waals surface area contributed by atoms with Crippen molar-refractivity contribution >= 4 is 5.91 Å². The standard InChI is InChI=1S/C12H22N2O3/c1-9(2)13-5-3-4-11(13)14-6-10(7-15)17-8-12(14)16/h9-11,15H,3-8H2,1-2H3. The lowest BCUT2D eigenvalue weighted by Crippen LogP contribution is -2.57. The fraction of sp³-hybridized carbons (Fsp3) is 0.917. The van der Waals surface area contributed by atoms with Crippen molar-refractivity contribution in [3.05, 3.63) is 0 Å². The molecule has 5 heteroatoms. The summed E-state index contributed by atoms with van der Waals surface area (Å²) in [5, 5.41) is 9.14. The molecule has 98 valence electrons. The highest BCUT2D eigenvalue weighted by Gasteiger charge is 2.37. The summed E-state index contributed by atoms with van der Waals surface area (Å²) in [5.41, 5.74) is 0. The summed E-state index contributed by atoms with van der Waals surface area (Å²) in [6.45, 7) is 5.98. The number of carbonyl (C=O) groups excluding carboxylic acids is 1. The van der Waals surface area contributed by atoms with Crippen LogP contribution in [0.5, 0.6) is 0 Å². The second kappa shape index (κ2) is 5.33. The SMILES string of the molecule is CC(C)N1CCCC1N1CC(CO)OCC1=O. The average molecular weight is 242 g/mol. The molecule has 17 heavy (non-hydrogen) atoms. The van der Waals surface area contributed by atoms with E-state index in [1.54, 1.807) is 0 Å². The number of rotatable bonds is 3. The predicted molar refractivity (Wildman–Crippen MR) is 63.4 cm³/mol. The molecule has 2 aliphatic rings. The van der Waals surface area contributed by atoms with E-state index in [0.29, 0.717) is 12.6 Å². The normalized spacial score (nSPS) is 31.5. The first kappa shape index (κ1) is 12.8. The first-order valence-corrected chi connectivity index (χ1v) is 6.41. The van der Waals surface area contributed by atoms with Gasteiger partial charge in [-0.25, -0.2) is 0 Å². The van der Waals surface area contributed by atoms with Crippen LogP contribution in [0.3, 0.4) is 0 Å². The van der Waals surface area contributed by atoms with Gasteiger partial charge in [-0.05, 0) is 26.7 Å². The number of nitrogens with zero attached hydrogens (tertiary/aromatic N) is 2. The Morgan fingerprint density at radius 3 is 2.94 bits per heavy atom. The van der Waals surface area contributed by atoms with Gasteiger partial charge in [0.1, 0.15) is 6.61 Å². The van der Waals surface area contributed by atoms with Crippen molar-refractivity contribution in [2.45, 2.75) is 45.0 Å². The van der Waals surface area contributed by atoms with Crippen LogP contribution in [0.15, 0.2) is 0 Å². The second-order valence-corrected chi connectivity index (χ2v) is 5.12. The Morgan fingerprint density at radius 1 is 1.53 bits per heavy atom. The number of aliphatic hydroxyl groups excluding tert-OH is 1. The number of likely N-dealkylation sites (tertiary alicyclic amines) is 1. The Morgan fingerprint density at radius 2 is 2.29 bits per heavy atom. The van der Waals surface area contributed by atoms with E-state index in [2.05, 4.69) is 18.7 Å². The highest BCUT2D eigenvalue weighted by Crippen LogP contribution is 2.25. The van der Waals surface area contributed by atoms with Crippen molar-refractivity contribution < 1.29 is 14.6 Å². The third-order valence-corrected chi connectivity index (χ3v) is 3.65. The molecule has 0 aromatic carbocycles. The van der Waals surface area contributed by atoms with Crippen LogP contribution in [-0.4, -0.2) is 65.4 Å². The first-order chi connectivity index (χ1) is 8.13. The average Bonchev–Trinajstić information content (AvgIpc) is 2.78. The van der Waals surface area contributed by atoms with E-state index in [1.165, 1.54) is 0 Å². The Balaban J connectivity index is 2.06. The van der Waals surface area contributed by atoms with Gasteiger partial charge in [-0.15, -0.1) is 0 Å². The topological polar surface area (TPSA) is 53.0 Å². The monoisotopic (exact) mass is 242 g/mol. The Labute approximate surface area is 102 Å². The Hall–Kier alpha value is -0.650. The summed E-state index contributed by atoms with van der Waals surface area (Å²) in [4.78, 5) is 16.1. The van der Waals surface area contributed by atoms with Gasteiger partial charge in [0.15, 0.2) is 0 Å². The van der Waals surface area contributed by atoms with Gasteiger partial charge in [0.05, 0.1) is 25.4 Å². The molecule has 2 rings (SSSR count). The first-order valence-electron chi connectivity index (χ1n) is 6.41. The van der Waals surface area contributed by atoms with E-state index in [-0.39, 0.29) is 31.4 Å². The van der Waals surface area contributed by atoms with Gasteiger partial charge >= 0.3 is 0 Å². The molecule has 2 saturated heterocycles. The molecule has 0 saturated carbocycles. The van der Waals surface area contributed by atoms with E-state index in [4.69, 9.17) is 9.84 Å². The van der Waals surface area contributed by atoms with Crippen molar-refractivity contribution in [1.82, 2.24) is 9.80 Å². The molecule has 2 fully saturated rings. The van der Waals surface area contributed by atoms with E-state index in [0.717, 1.165) is 19.4 Å². The van der Waals surface area contributed by atoms with Crippen LogP contribution in [0.1, 0.15) is 26.7 Å². The number of amides is 1. The van der Waals surface area contributed by atoms with Crippen LogP contribution in [0, 0.1) is 0 Å². The molecule has 2 unspecified atom stereocenters. The van der Waals surface area contributed by atoms with Gasteiger partial charge in [0.2, 0.25) is 5.91 Å². The smallest absolute Gasteiger partial charge is 0.249 e. The van der Waals surface area contributed by atoms with Crippen LogP contribution >= 0.6 is 0 Å². The van der Waals surface area contributed by atoms with Crippen molar-refractivity contribution in [3.63, 3.8) is 0 Å². The lowest BCUT2D eigenvalue weighted by molar-refractivity contribution is -0.159. The molecular formula is C12H22N2O3. The largest absolute Gasteiger partial charge is 0.394 e. The maximum Gasteiger partial charge on any atom is 0.249 e. The zero-order valence-electron chi connectivity index (χ0n) is 10.6. The van der Waals surface area contributed by atoms with Crippen LogP contribution < -0.4 is 0 Å². The molecule has 0 radical (unpaired) electrons. The zero-order chi connectivity index (χ0) is 12.4. The number of hydrogen-bond acceptors (Lipinski definition) is 4. The second-order valence-electron chi connectivity index (χ2n) is 5.12. The van der Waals surface area contributed by atoms with Gasteiger partial charge in [-0.1, -0.05) is 0 Å². The molecule has 0 aliphatic carbocycles. The number of ether oxygens (including phenoxy) is 1. The molecule has 0 bridgehead atoms. The Kier molecular flexibility index (Phi) is 4.01. The van der Waals surface area contributed by atoms with Crippen molar-refractivity contribution in [2.75, 3.05) is 26.3 Å². The van der Waals surface area contributed by atoms with Gasteiger partial charge in [-0.2, -0.15) is 0 Å². The lowest BCUT2D eigenvalue weighted by atomic mass is 10.2. The van der Waals surface area contributed by atoms with E-state index in [9.17, 15) is 4.79 Å². The summed E-state index contributed by atoms with van der Waals surface area (Å²) in [6.07, 6.45) is 2.14. The predicted octanol–water partition coefficient (Wildman–Crippen LogP) is 0.0364. The molecule has 2 aliphatic heterocycles. The highest BCUT2D eigenvalue weighted by atomic mass is 16.5. The third kappa shape index (κ3) is 2.61. The van der Waals surface area contributed by atoms with Crippen molar-refractivity contribution in [1.29, 1.82) is 0 Å². The number of hydrogen-bond donors (Lipinski definition) is 1. The van der Waals surface area contributed by atoms with E-state index < -0.39 is 0 Å². The minimum absolute atomic E-state index is 0.0157. The minimum atomic E-state index is -0.220. The summed E-state index contributed by atoms with van der Waals surface area (Å²) in [6, 6.07) is 0.450. The van der Waals surface area contributed by atoms with Gasteiger partial charge in [-0.3, -0.25) is 9.69 Å². The molecule has 1 N–H and O–H groups in total. The molecule has 0 aromatic rings. The summed E-state index contributed by atoms with van der Waals surface area (Å²) < 4.78 is 5.27. The van der Waals surface area contributed by atoms with Crippen LogP contribution in [0.2, 0.25) is 0 Å². The van der Waals surface area contributed by atoms with Crippen LogP contribution in [0.25, 0.3) is 0 Å². The summed E-state index contributed by atoms with van der Waals surface area (Å²) in [7, 11) is 0. The van der Waals surface area contributed by atoms with E-state index >= 15 is 0 Å². The number of aliphatic hydroxyl groups is 1. The summed E-state index contributed by atoms with van der Waals surface area (Å²) >= 11 is 0. The van der Waals surface area contributed by atoms with E-state index in [1.807, 2.05) is 4.90 Å². The maximum atomic E-state index is 11.9. The molecule has 5 nitrogen and oxygen atoms in total. The maximum absolute atomic E-state index is 11.9. The van der Waals surface area contributed by atoms with Gasteiger partial charge < -0.3 is 14.7 Å². The fourth-order valence-corrected chi connectivity index (χ4v) is 2.75. The molecular weight excluding hydrogens is 220 g/mol. The lowest BCUT2D eigenvalue weighted by Gasteiger charge is -2.41. The molecule has 0 spiro atoms. The van der Waals surface area contributed by atoms with Crippen molar-refractivity contribution in [2.24, 2.45) is 0 Å². The zero-order valence-corrected chi connectivity index (χ0v) is 10.6. The highest BCUT2D eigenvalue weighted by molar-refractivity contribution is 5.78. The quantitative estimate of drug-likeness (QED) is 0.759. The minimum Gasteiger partial charge on any atom is -0.394 e. The van der Waals surface area contributed by atoms with Gasteiger partial charge in [0, 0.05) is 12.6 Å². The third-order valence-electron chi connectivity index (χ3n) is 3.65. The number of carbonyl (C=O) groups is 1. The molecule has 0 aromatic heterocycles. The number of morpholine rings is 1. The molecule has 2 heterocycles. The van der Waals surface area contributed by atoms with Crippen molar-refractivity contribution in [3.8, 4) is 0 Å². The fourth-order valence-electron chi connectivity index (χ4n) is 2.75. The van der Waals surface area contributed by atoms with Gasteiger partial charge in [0.25, 0.3) is 0 Å².